The van der Waals surface area contributed by atoms with Crippen LogP contribution < -0.4 is 0 Å². The van der Waals surface area contributed by atoms with E-state index < -0.39 is 4.92 Å². The maximum Gasteiger partial charge on any atom is 0.273 e. The average molecular weight is 328 g/mol. The highest BCUT2D eigenvalue weighted by atomic mass is 16.6. The summed E-state index contributed by atoms with van der Waals surface area (Å²) in [4.78, 5) is 24.8. The molecule has 24 heavy (non-hydrogen) atoms. The van der Waals surface area contributed by atoms with Crippen LogP contribution >= 0.6 is 0 Å². The number of rotatable bonds is 6. The minimum absolute atomic E-state index is 0.0643. The number of hydrogen-bond acceptors (Lipinski definition) is 4. The number of nitrogens with zero attached hydrogens (tertiary/aromatic N) is 2. The largest absolute Gasteiger partial charge is 0.396 e. The van der Waals surface area contributed by atoms with Crippen LogP contribution in [0.2, 0.25) is 0 Å². The Balaban J connectivity index is 2.33. The molecule has 6 heteroatoms. The number of carbonyl (C=O) groups is 1. The summed E-state index contributed by atoms with van der Waals surface area (Å²) >= 11 is 0. The maximum absolute atomic E-state index is 12.7. The number of aliphatic hydroxyl groups excluding tert-OH is 1. The Bertz CT molecular complexity index is 731. The first-order valence-electron chi connectivity index (χ1n) is 7.63. The molecule has 2 rings (SSSR count). The van der Waals surface area contributed by atoms with Crippen molar-refractivity contribution in [3.63, 3.8) is 0 Å². The molecule has 0 radical (unpaired) electrons. The van der Waals surface area contributed by atoms with Gasteiger partial charge < -0.3 is 10.0 Å². The lowest BCUT2D eigenvalue weighted by molar-refractivity contribution is -0.385. The quantitative estimate of drug-likeness (QED) is 0.652. The fourth-order valence-corrected chi connectivity index (χ4v) is 2.67. The van der Waals surface area contributed by atoms with Gasteiger partial charge in [0.25, 0.3) is 11.6 Å². The van der Waals surface area contributed by atoms with E-state index in [0.717, 1.165) is 5.56 Å². The predicted octanol–water partition coefficient (Wildman–Crippen LogP) is 3.10. The van der Waals surface area contributed by atoms with Crippen molar-refractivity contribution in [2.75, 3.05) is 13.7 Å². The first kappa shape index (κ1) is 17.6. The van der Waals surface area contributed by atoms with Crippen LogP contribution in [0.25, 0.3) is 0 Å². The first-order chi connectivity index (χ1) is 11.5. The van der Waals surface area contributed by atoms with E-state index in [1.54, 1.807) is 26.1 Å². The van der Waals surface area contributed by atoms with Crippen molar-refractivity contribution in [3.05, 3.63) is 75.3 Å². The molecule has 1 amide bonds. The number of aryl methyl sites for hydroxylation is 1. The third-order valence-electron chi connectivity index (χ3n) is 4.03. The average Bonchev–Trinajstić information content (AvgIpc) is 2.59. The van der Waals surface area contributed by atoms with Crippen LogP contribution in [-0.4, -0.2) is 34.5 Å². The molecule has 0 saturated carbocycles. The Morgan fingerprint density at radius 2 is 1.92 bits per heavy atom. The number of nitro groups is 1. The standard InChI is InChI=1S/C18H20N2O4/c1-13-8-9-15(12-17(13)20(23)24)18(22)19(2)16(10-11-21)14-6-4-3-5-7-14/h3-9,12,16,21H,10-11H2,1-2H3. The molecular formula is C18H20N2O4. The van der Waals surface area contributed by atoms with Gasteiger partial charge in [0.15, 0.2) is 0 Å². The van der Waals surface area contributed by atoms with Crippen molar-refractivity contribution in [2.24, 2.45) is 0 Å². The van der Waals surface area contributed by atoms with E-state index in [1.807, 2.05) is 30.3 Å². The van der Waals surface area contributed by atoms with Crippen LogP contribution in [0.1, 0.15) is 33.9 Å². The molecule has 0 heterocycles. The van der Waals surface area contributed by atoms with Crippen molar-refractivity contribution in [1.82, 2.24) is 4.90 Å². The second-order valence-corrected chi connectivity index (χ2v) is 5.61. The summed E-state index contributed by atoms with van der Waals surface area (Å²) in [5.74, 6) is -0.319. The smallest absolute Gasteiger partial charge is 0.273 e. The summed E-state index contributed by atoms with van der Waals surface area (Å²) in [6.07, 6.45) is 0.389. The first-order valence-corrected chi connectivity index (χ1v) is 7.63. The fourth-order valence-electron chi connectivity index (χ4n) is 2.67. The lowest BCUT2D eigenvalue weighted by Crippen LogP contribution is -2.32. The highest BCUT2D eigenvalue weighted by Gasteiger charge is 2.24. The Hall–Kier alpha value is -2.73. The van der Waals surface area contributed by atoms with E-state index in [0.29, 0.717) is 12.0 Å². The molecule has 6 nitrogen and oxygen atoms in total. The molecule has 1 atom stereocenters. The SMILES string of the molecule is Cc1ccc(C(=O)N(C)C(CCO)c2ccccc2)cc1[N+](=O)[O-]. The van der Waals surface area contributed by atoms with Crippen molar-refractivity contribution in [2.45, 2.75) is 19.4 Å². The summed E-state index contributed by atoms with van der Waals surface area (Å²) in [5, 5.41) is 20.4. The Morgan fingerprint density at radius 3 is 2.50 bits per heavy atom. The minimum Gasteiger partial charge on any atom is -0.396 e. The van der Waals surface area contributed by atoms with Crippen LogP contribution in [0.3, 0.4) is 0 Å². The van der Waals surface area contributed by atoms with Crippen LogP contribution in [-0.2, 0) is 0 Å². The van der Waals surface area contributed by atoms with E-state index in [1.165, 1.54) is 11.0 Å². The lowest BCUT2D eigenvalue weighted by Gasteiger charge is -2.28. The molecule has 0 spiro atoms. The number of hydrogen-bond donors (Lipinski definition) is 1. The summed E-state index contributed by atoms with van der Waals surface area (Å²) in [6, 6.07) is 13.6. The van der Waals surface area contributed by atoms with Gasteiger partial charge in [-0.05, 0) is 25.0 Å². The van der Waals surface area contributed by atoms with Gasteiger partial charge in [0.05, 0.1) is 11.0 Å². The number of amides is 1. The van der Waals surface area contributed by atoms with Gasteiger partial charge in [0.2, 0.25) is 0 Å². The molecule has 126 valence electrons. The van der Waals surface area contributed by atoms with Crippen LogP contribution in [0.5, 0.6) is 0 Å². The predicted molar refractivity (Wildman–Crippen MR) is 90.8 cm³/mol. The maximum atomic E-state index is 12.7. The highest BCUT2D eigenvalue weighted by Crippen LogP contribution is 2.26. The molecule has 1 N–H and O–H groups in total. The third-order valence-corrected chi connectivity index (χ3v) is 4.03. The van der Waals surface area contributed by atoms with E-state index in [9.17, 15) is 20.0 Å². The molecule has 0 bridgehead atoms. The zero-order valence-electron chi connectivity index (χ0n) is 13.7. The van der Waals surface area contributed by atoms with Gasteiger partial charge in [0.1, 0.15) is 0 Å². The molecule has 0 aliphatic carbocycles. The molecule has 2 aromatic carbocycles. The Morgan fingerprint density at radius 1 is 1.25 bits per heavy atom. The van der Waals surface area contributed by atoms with Gasteiger partial charge in [-0.25, -0.2) is 0 Å². The summed E-state index contributed by atoms with van der Waals surface area (Å²) in [6.45, 7) is 1.57. The number of benzene rings is 2. The highest BCUT2D eigenvalue weighted by molar-refractivity contribution is 5.95. The normalized spacial score (nSPS) is 11.8. The van der Waals surface area contributed by atoms with Crippen molar-refractivity contribution in [1.29, 1.82) is 0 Å². The second kappa shape index (κ2) is 7.70. The Kier molecular flexibility index (Phi) is 5.65. The van der Waals surface area contributed by atoms with Gasteiger partial charge in [-0.15, -0.1) is 0 Å². The number of aliphatic hydroxyl groups is 1. The molecule has 0 fully saturated rings. The summed E-state index contributed by atoms with van der Waals surface area (Å²) in [5.41, 5.74) is 1.60. The van der Waals surface area contributed by atoms with Crippen molar-refractivity contribution < 1.29 is 14.8 Å². The second-order valence-electron chi connectivity index (χ2n) is 5.61. The van der Waals surface area contributed by atoms with Gasteiger partial charge in [0, 0.05) is 30.8 Å². The lowest BCUT2D eigenvalue weighted by atomic mass is 10.0. The molecule has 0 aliphatic heterocycles. The Labute approximate surface area is 140 Å². The van der Waals surface area contributed by atoms with Crippen LogP contribution in [0.15, 0.2) is 48.5 Å². The molecule has 2 aromatic rings. The molecule has 0 aromatic heterocycles. The van der Waals surface area contributed by atoms with Gasteiger partial charge in [-0.2, -0.15) is 0 Å². The number of carbonyl (C=O) groups excluding carboxylic acids is 1. The van der Waals surface area contributed by atoms with Gasteiger partial charge in [-0.1, -0.05) is 36.4 Å². The minimum atomic E-state index is -0.492. The summed E-state index contributed by atoms with van der Waals surface area (Å²) < 4.78 is 0. The monoisotopic (exact) mass is 328 g/mol. The van der Waals surface area contributed by atoms with Gasteiger partial charge >= 0.3 is 0 Å². The molecule has 1 unspecified atom stereocenters. The van der Waals surface area contributed by atoms with E-state index in [4.69, 9.17) is 0 Å². The molecule has 0 saturated heterocycles. The molecular weight excluding hydrogens is 308 g/mol. The van der Waals surface area contributed by atoms with E-state index >= 15 is 0 Å². The van der Waals surface area contributed by atoms with Crippen molar-refractivity contribution in [3.8, 4) is 0 Å². The number of nitro benzene ring substituents is 1. The van der Waals surface area contributed by atoms with Gasteiger partial charge in [-0.3, -0.25) is 14.9 Å². The molecule has 0 aliphatic rings. The summed E-state index contributed by atoms with van der Waals surface area (Å²) in [7, 11) is 1.64. The van der Waals surface area contributed by atoms with Crippen LogP contribution in [0, 0.1) is 17.0 Å². The zero-order chi connectivity index (χ0) is 17.7. The van der Waals surface area contributed by atoms with Crippen LogP contribution in [0.4, 0.5) is 5.69 Å². The fraction of sp³-hybridized carbons (Fsp3) is 0.278. The topological polar surface area (TPSA) is 83.7 Å². The van der Waals surface area contributed by atoms with E-state index in [2.05, 4.69) is 0 Å². The van der Waals surface area contributed by atoms with E-state index in [-0.39, 0.29) is 29.8 Å². The zero-order valence-corrected chi connectivity index (χ0v) is 13.7. The van der Waals surface area contributed by atoms with Crippen molar-refractivity contribution >= 4 is 11.6 Å². The third kappa shape index (κ3) is 3.78.